The summed E-state index contributed by atoms with van der Waals surface area (Å²) in [5.41, 5.74) is 2.51. The van der Waals surface area contributed by atoms with Gasteiger partial charge >= 0.3 is 0 Å². The maximum atomic E-state index is 5.80. The number of para-hydroxylation sites is 1. The Morgan fingerprint density at radius 3 is 2.89 bits per heavy atom. The van der Waals surface area contributed by atoms with Gasteiger partial charge in [-0.15, -0.1) is 11.3 Å². The fourth-order valence-electron chi connectivity index (χ4n) is 1.82. The van der Waals surface area contributed by atoms with E-state index in [1.807, 2.05) is 19.2 Å². The number of rotatable bonds is 6. The maximum absolute atomic E-state index is 5.80. The molecule has 2 nitrogen and oxygen atoms in total. The highest BCUT2D eigenvalue weighted by molar-refractivity contribution is 7.13. The van der Waals surface area contributed by atoms with E-state index in [9.17, 15) is 0 Å². The predicted molar refractivity (Wildman–Crippen MR) is 78.3 cm³/mol. The van der Waals surface area contributed by atoms with Crippen LogP contribution < -0.4 is 10.1 Å². The van der Waals surface area contributed by atoms with E-state index in [1.165, 1.54) is 16.0 Å². The van der Waals surface area contributed by atoms with Crippen LogP contribution in [-0.4, -0.2) is 13.7 Å². The summed E-state index contributed by atoms with van der Waals surface area (Å²) in [5, 5.41) is 5.37. The zero-order chi connectivity index (χ0) is 12.8. The zero-order valence-corrected chi connectivity index (χ0v) is 11.7. The van der Waals surface area contributed by atoms with Crippen LogP contribution in [0.3, 0.4) is 0 Å². The van der Waals surface area contributed by atoms with Gasteiger partial charge in [-0.25, -0.2) is 0 Å². The average molecular weight is 261 g/mol. The number of ether oxygens (including phenoxy) is 1. The van der Waals surface area contributed by atoms with Crippen molar-refractivity contribution < 1.29 is 4.74 Å². The molecule has 0 fully saturated rings. The minimum Gasteiger partial charge on any atom is -0.493 e. The van der Waals surface area contributed by atoms with Gasteiger partial charge < -0.3 is 10.1 Å². The van der Waals surface area contributed by atoms with E-state index in [4.69, 9.17) is 4.74 Å². The fraction of sp³-hybridized carbons (Fsp3) is 0.333. The van der Waals surface area contributed by atoms with Crippen LogP contribution in [0.15, 0.2) is 35.7 Å². The first kappa shape index (κ1) is 13.1. The Labute approximate surface area is 113 Å². The third-order valence-electron chi connectivity index (χ3n) is 2.65. The molecule has 0 unspecified atom stereocenters. The second kappa shape index (κ2) is 6.57. The molecule has 0 aliphatic carbocycles. The van der Waals surface area contributed by atoms with E-state index >= 15 is 0 Å². The van der Waals surface area contributed by atoms with Crippen LogP contribution in [0.1, 0.15) is 18.9 Å². The Balaban J connectivity index is 2.25. The van der Waals surface area contributed by atoms with E-state index in [1.54, 1.807) is 11.3 Å². The van der Waals surface area contributed by atoms with Crippen molar-refractivity contribution in [3.05, 3.63) is 41.3 Å². The van der Waals surface area contributed by atoms with Gasteiger partial charge in [-0.2, -0.15) is 0 Å². The fourth-order valence-corrected chi connectivity index (χ4v) is 2.77. The minimum atomic E-state index is 0.770. The van der Waals surface area contributed by atoms with Gasteiger partial charge in [0.05, 0.1) is 6.61 Å². The summed E-state index contributed by atoms with van der Waals surface area (Å²) < 4.78 is 5.80. The van der Waals surface area contributed by atoms with Gasteiger partial charge in [0.1, 0.15) is 5.75 Å². The van der Waals surface area contributed by atoms with Crippen molar-refractivity contribution in [3.63, 3.8) is 0 Å². The molecular formula is C15H19NOS. The molecule has 0 amide bonds. The SMILES string of the molecule is CCCOc1ccccc1-c1cc(CNC)cs1. The second-order valence-electron chi connectivity index (χ2n) is 4.19. The minimum absolute atomic E-state index is 0.770. The molecule has 0 saturated carbocycles. The summed E-state index contributed by atoms with van der Waals surface area (Å²) in [6.07, 6.45) is 1.03. The number of thiophene rings is 1. The number of hydrogen-bond donors (Lipinski definition) is 1. The average Bonchev–Trinajstić information content (AvgIpc) is 2.86. The first-order valence-corrected chi connectivity index (χ1v) is 7.17. The van der Waals surface area contributed by atoms with Crippen LogP contribution in [0.5, 0.6) is 5.75 Å². The van der Waals surface area contributed by atoms with Gasteiger partial charge in [-0.05, 0) is 42.6 Å². The zero-order valence-electron chi connectivity index (χ0n) is 10.9. The monoisotopic (exact) mass is 261 g/mol. The highest BCUT2D eigenvalue weighted by Crippen LogP contribution is 2.34. The molecule has 0 atom stereocenters. The van der Waals surface area contributed by atoms with Gasteiger partial charge in [-0.3, -0.25) is 0 Å². The lowest BCUT2D eigenvalue weighted by atomic mass is 10.1. The Hall–Kier alpha value is -1.32. The predicted octanol–water partition coefficient (Wildman–Crippen LogP) is 3.92. The number of hydrogen-bond acceptors (Lipinski definition) is 3. The first-order valence-electron chi connectivity index (χ1n) is 6.29. The third kappa shape index (κ3) is 3.12. The first-order chi connectivity index (χ1) is 8.85. The van der Waals surface area contributed by atoms with Crippen LogP contribution >= 0.6 is 11.3 Å². The van der Waals surface area contributed by atoms with E-state index in [0.717, 1.165) is 25.3 Å². The molecule has 2 rings (SSSR count). The summed E-state index contributed by atoms with van der Waals surface area (Å²) in [4.78, 5) is 1.27. The van der Waals surface area contributed by atoms with Gasteiger partial charge in [0.15, 0.2) is 0 Å². The molecule has 0 aliphatic rings. The van der Waals surface area contributed by atoms with Crippen molar-refractivity contribution in [2.45, 2.75) is 19.9 Å². The smallest absolute Gasteiger partial charge is 0.127 e. The lowest BCUT2D eigenvalue weighted by Gasteiger charge is -2.09. The van der Waals surface area contributed by atoms with Crippen molar-refractivity contribution in [2.24, 2.45) is 0 Å². The van der Waals surface area contributed by atoms with Gasteiger partial charge in [0.25, 0.3) is 0 Å². The summed E-state index contributed by atoms with van der Waals surface area (Å²) in [6.45, 7) is 3.80. The lowest BCUT2D eigenvalue weighted by Crippen LogP contribution is -2.03. The summed E-state index contributed by atoms with van der Waals surface area (Å²) >= 11 is 1.77. The molecule has 0 radical (unpaired) electrons. The molecular weight excluding hydrogens is 242 g/mol. The van der Waals surface area contributed by atoms with Crippen molar-refractivity contribution in [2.75, 3.05) is 13.7 Å². The molecule has 1 N–H and O–H groups in total. The van der Waals surface area contributed by atoms with Crippen LogP contribution in [-0.2, 0) is 6.54 Å². The van der Waals surface area contributed by atoms with E-state index in [0.29, 0.717) is 0 Å². The Bertz CT molecular complexity index is 493. The summed E-state index contributed by atoms with van der Waals surface area (Å²) in [6, 6.07) is 10.5. The molecule has 1 heterocycles. The highest BCUT2D eigenvalue weighted by Gasteiger charge is 2.08. The number of benzene rings is 1. The Morgan fingerprint density at radius 1 is 1.28 bits per heavy atom. The highest BCUT2D eigenvalue weighted by atomic mass is 32.1. The van der Waals surface area contributed by atoms with Crippen LogP contribution in [0.4, 0.5) is 0 Å². The number of nitrogens with one attached hydrogen (secondary N) is 1. The molecule has 18 heavy (non-hydrogen) atoms. The van der Waals surface area contributed by atoms with Gasteiger partial charge in [-0.1, -0.05) is 19.1 Å². The van der Waals surface area contributed by atoms with Crippen LogP contribution in [0.25, 0.3) is 10.4 Å². The summed E-state index contributed by atoms with van der Waals surface area (Å²) in [5.74, 6) is 0.984. The maximum Gasteiger partial charge on any atom is 0.127 e. The molecule has 1 aromatic carbocycles. The molecule has 0 aliphatic heterocycles. The second-order valence-corrected chi connectivity index (χ2v) is 5.11. The molecule has 0 saturated heterocycles. The quantitative estimate of drug-likeness (QED) is 0.851. The van der Waals surface area contributed by atoms with Crippen molar-refractivity contribution in [1.82, 2.24) is 5.32 Å². The van der Waals surface area contributed by atoms with Crippen molar-refractivity contribution >= 4 is 11.3 Å². The van der Waals surface area contributed by atoms with Crippen LogP contribution in [0.2, 0.25) is 0 Å². The Kier molecular flexibility index (Phi) is 4.79. The molecule has 3 heteroatoms. The van der Waals surface area contributed by atoms with Crippen molar-refractivity contribution in [1.29, 1.82) is 0 Å². The lowest BCUT2D eigenvalue weighted by molar-refractivity contribution is 0.319. The molecule has 0 spiro atoms. The molecule has 0 bridgehead atoms. The standard InChI is InChI=1S/C15H19NOS/c1-3-8-17-14-7-5-4-6-13(14)15-9-12(10-16-2)11-18-15/h4-7,9,11,16H,3,8,10H2,1-2H3. The molecule has 2 aromatic rings. The molecule has 1 aromatic heterocycles. The summed E-state index contributed by atoms with van der Waals surface area (Å²) in [7, 11) is 1.97. The van der Waals surface area contributed by atoms with Gasteiger partial charge in [0.2, 0.25) is 0 Å². The van der Waals surface area contributed by atoms with Gasteiger partial charge in [0, 0.05) is 17.0 Å². The van der Waals surface area contributed by atoms with E-state index in [2.05, 4.69) is 35.8 Å². The van der Waals surface area contributed by atoms with E-state index < -0.39 is 0 Å². The topological polar surface area (TPSA) is 21.3 Å². The third-order valence-corrected chi connectivity index (χ3v) is 3.66. The largest absolute Gasteiger partial charge is 0.493 e. The van der Waals surface area contributed by atoms with Crippen molar-refractivity contribution in [3.8, 4) is 16.2 Å². The normalized spacial score (nSPS) is 10.6. The molecule has 96 valence electrons. The van der Waals surface area contributed by atoms with E-state index in [-0.39, 0.29) is 0 Å². The Morgan fingerprint density at radius 2 is 2.11 bits per heavy atom. The van der Waals surface area contributed by atoms with Crippen LogP contribution in [0, 0.1) is 0 Å².